The second-order valence-corrected chi connectivity index (χ2v) is 12.6. The van der Waals surface area contributed by atoms with Crippen molar-refractivity contribution in [1.29, 1.82) is 0 Å². The number of pyridine rings is 1. The normalized spacial score (nSPS) is 21.9. The average molecular weight is 644 g/mol. The summed E-state index contributed by atoms with van der Waals surface area (Å²) in [4.78, 5) is 23.0. The number of likely N-dealkylation sites (tertiary alicyclic amines) is 1. The minimum absolute atomic E-state index is 0.0277. The molecule has 0 saturated carbocycles. The minimum atomic E-state index is -3.07. The Kier molecular flexibility index (Phi) is 7.73. The van der Waals surface area contributed by atoms with Crippen molar-refractivity contribution in [2.45, 2.75) is 62.8 Å². The predicted molar refractivity (Wildman–Crippen MR) is 161 cm³/mol. The number of hydrogen-bond donors (Lipinski definition) is 1. The monoisotopic (exact) mass is 642 g/mol. The lowest BCUT2D eigenvalue weighted by Crippen LogP contribution is -2.35. The van der Waals surface area contributed by atoms with Gasteiger partial charge in [0.15, 0.2) is 11.3 Å². The molecule has 230 valence electrons. The molecule has 5 heterocycles. The first kappa shape index (κ1) is 29.4. The second-order valence-electron chi connectivity index (χ2n) is 11.7. The van der Waals surface area contributed by atoms with E-state index in [1.807, 2.05) is 10.6 Å². The Morgan fingerprint density at radius 2 is 1.84 bits per heavy atom. The van der Waals surface area contributed by atoms with Crippen LogP contribution in [0.1, 0.15) is 70.7 Å². The number of para-hydroxylation sites is 1. The third-order valence-corrected chi connectivity index (χ3v) is 9.48. The number of nitrogens with zero attached hydrogens (tertiary/aromatic N) is 4. The fourth-order valence-corrected chi connectivity index (χ4v) is 7.00. The number of ether oxygens (including phenoxy) is 2. The van der Waals surface area contributed by atoms with E-state index in [0.29, 0.717) is 46.5 Å². The number of aromatic nitrogens is 3. The summed E-state index contributed by atoms with van der Waals surface area (Å²) >= 11 is 12.4. The van der Waals surface area contributed by atoms with Crippen LogP contribution in [0.3, 0.4) is 0 Å². The lowest BCUT2D eigenvalue weighted by Gasteiger charge is -2.37. The highest BCUT2D eigenvalue weighted by Gasteiger charge is 2.45. The van der Waals surface area contributed by atoms with Gasteiger partial charge in [-0.05, 0) is 74.2 Å². The Morgan fingerprint density at radius 3 is 2.55 bits per heavy atom. The number of carboxylic acids is 1. The maximum atomic E-state index is 15.5. The van der Waals surface area contributed by atoms with Crippen LogP contribution in [0.2, 0.25) is 10.0 Å². The highest BCUT2D eigenvalue weighted by molar-refractivity contribution is 6.35. The van der Waals surface area contributed by atoms with Gasteiger partial charge < -0.3 is 19.1 Å². The van der Waals surface area contributed by atoms with Crippen LogP contribution in [-0.4, -0.2) is 56.3 Å². The number of carboxylic acid groups (broad SMARTS) is 1. The summed E-state index contributed by atoms with van der Waals surface area (Å²) < 4.78 is 44.9. The van der Waals surface area contributed by atoms with Crippen LogP contribution in [-0.2, 0) is 23.7 Å². The van der Waals surface area contributed by atoms with E-state index in [1.54, 1.807) is 30.3 Å². The van der Waals surface area contributed by atoms with Gasteiger partial charge in [-0.2, -0.15) is 0 Å². The summed E-state index contributed by atoms with van der Waals surface area (Å²) in [6.07, 6.45) is 1.08. The number of aromatic carboxylic acids is 1. The molecule has 12 heteroatoms. The second kappa shape index (κ2) is 11.6. The predicted octanol–water partition coefficient (Wildman–Crippen LogP) is 7.22. The zero-order valence-corrected chi connectivity index (χ0v) is 25.2. The molecule has 4 aromatic rings. The number of piperidine rings is 1. The molecule has 1 N–H and O–H groups in total. The standard InChI is InChI=1S/C32H30Cl2F2N4O4/c33-19-4-5-22(24(34)14-19)27-15-32(35,36)23-3-1-2-21(29(23)44-27)18-8-11-39(12-9-18)17-28-37-25-6-7-26(31(41)42)38-30(25)40(28)16-20-10-13-43-20/h1-7,14,18,20,27H,8-13,15-17H2,(H,41,42)/t20-,27?/m0/s1. The first-order chi connectivity index (χ1) is 21.2. The molecule has 44 heavy (non-hydrogen) atoms. The van der Waals surface area contributed by atoms with Crippen molar-refractivity contribution in [3.05, 3.63) is 86.8 Å². The molecule has 2 aromatic heterocycles. The van der Waals surface area contributed by atoms with Crippen LogP contribution in [0.25, 0.3) is 11.2 Å². The van der Waals surface area contributed by atoms with E-state index in [4.69, 9.17) is 37.7 Å². The van der Waals surface area contributed by atoms with Crippen molar-refractivity contribution >= 4 is 40.3 Å². The molecule has 0 radical (unpaired) electrons. The van der Waals surface area contributed by atoms with Crippen molar-refractivity contribution in [3.63, 3.8) is 0 Å². The summed E-state index contributed by atoms with van der Waals surface area (Å²) in [5, 5.41) is 10.2. The number of rotatable bonds is 7. The van der Waals surface area contributed by atoms with Crippen LogP contribution in [0.4, 0.5) is 8.78 Å². The van der Waals surface area contributed by atoms with E-state index in [9.17, 15) is 9.90 Å². The first-order valence-electron chi connectivity index (χ1n) is 14.7. The molecule has 0 bridgehead atoms. The van der Waals surface area contributed by atoms with E-state index in [2.05, 4.69) is 9.88 Å². The summed E-state index contributed by atoms with van der Waals surface area (Å²) in [5.41, 5.74) is 2.35. The van der Waals surface area contributed by atoms with Crippen LogP contribution in [0.15, 0.2) is 48.5 Å². The number of imidazole rings is 1. The van der Waals surface area contributed by atoms with Gasteiger partial charge in [0.1, 0.15) is 23.2 Å². The summed E-state index contributed by atoms with van der Waals surface area (Å²) in [6.45, 7) is 3.28. The number of alkyl halides is 2. The van der Waals surface area contributed by atoms with Crippen molar-refractivity contribution < 1.29 is 28.2 Å². The van der Waals surface area contributed by atoms with E-state index in [1.165, 1.54) is 12.1 Å². The van der Waals surface area contributed by atoms with Gasteiger partial charge in [-0.25, -0.2) is 23.5 Å². The third kappa shape index (κ3) is 5.53. The topological polar surface area (TPSA) is 89.7 Å². The molecule has 2 fully saturated rings. The molecule has 3 aliphatic heterocycles. The number of benzene rings is 2. The summed E-state index contributed by atoms with van der Waals surface area (Å²) in [5.74, 6) is -3.07. The molecule has 0 amide bonds. The molecule has 7 rings (SSSR count). The highest BCUT2D eigenvalue weighted by Crippen LogP contribution is 2.52. The van der Waals surface area contributed by atoms with Crippen LogP contribution < -0.4 is 4.74 Å². The quantitative estimate of drug-likeness (QED) is 0.228. The van der Waals surface area contributed by atoms with Gasteiger partial charge in [-0.3, -0.25) is 4.90 Å². The molecule has 0 aliphatic carbocycles. The van der Waals surface area contributed by atoms with Gasteiger partial charge in [0.05, 0.1) is 31.2 Å². The fraction of sp³-hybridized carbons (Fsp3) is 0.406. The third-order valence-electron chi connectivity index (χ3n) is 8.91. The average Bonchev–Trinajstić information content (AvgIpc) is 3.30. The molecule has 3 aliphatic rings. The van der Waals surface area contributed by atoms with Crippen molar-refractivity contribution in [3.8, 4) is 5.75 Å². The van der Waals surface area contributed by atoms with Crippen LogP contribution in [0, 0.1) is 0 Å². The van der Waals surface area contributed by atoms with Gasteiger partial charge in [-0.1, -0.05) is 41.4 Å². The Labute approximate surface area is 262 Å². The lowest BCUT2D eigenvalue weighted by atomic mass is 9.84. The van der Waals surface area contributed by atoms with Crippen molar-refractivity contribution in [2.75, 3.05) is 19.7 Å². The first-order valence-corrected chi connectivity index (χ1v) is 15.5. The minimum Gasteiger partial charge on any atom is -0.485 e. The van der Waals surface area contributed by atoms with Gasteiger partial charge in [-0.15, -0.1) is 0 Å². The maximum absolute atomic E-state index is 15.5. The number of carbonyl (C=O) groups is 1. The lowest BCUT2D eigenvalue weighted by molar-refractivity contribution is -0.0663. The van der Waals surface area contributed by atoms with Gasteiger partial charge >= 0.3 is 5.97 Å². The van der Waals surface area contributed by atoms with Gasteiger partial charge in [0, 0.05) is 22.2 Å². The fourth-order valence-electron chi connectivity index (χ4n) is 6.47. The molecule has 0 spiro atoms. The Morgan fingerprint density at radius 1 is 1.05 bits per heavy atom. The Balaban J connectivity index is 1.11. The Hall–Kier alpha value is -3.31. The number of hydrogen-bond acceptors (Lipinski definition) is 6. The number of fused-ring (bicyclic) bond motifs is 2. The Bertz CT molecular complexity index is 1740. The molecular formula is C32H30Cl2F2N4O4. The molecule has 2 atom stereocenters. The van der Waals surface area contributed by atoms with Crippen molar-refractivity contribution in [1.82, 2.24) is 19.4 Å². The zero-order chi connectivity index (χ0) is 30.6. The SMILES string of the molecule is O=C(O)c1ccc2nc(CN3CCC(c4cccc5c4OC(c4ccc(Cl)cc4Cl)CC5(F)F)CC3)n(C[C@@H]3CCO3)c2n1. The van der Waals surface area contributed by atoms with Crippen LogP contribution in [0.5, 0.6) is 5.75 Å². The largest absolute Gasteiger partial charge is 0.485 e. The van der Waals surface area contributed by atoms with Crippen molar-refractivity contribution in [2.24, 2.45) is 0 Å². The molecular weight excluding hydrogens is 613 g/mol. The molecule has 1 unspecified atom stereocenters. The van der Waals surface area contributed by atoms with E-state index in [0.717, 1.165) is 43.7 Å². The number of halogens is 4. The maximum Gasteiger partial charge on any atom is 0.354 e. The van der Waals surface area contributed by atoms with E-state index < -0.39 is 24.4 Å². The zero-order valence-electron chi connectivity index (χ0n) is 23.7. The van der Waals surface area contributed by atoms with E-state index >= 15 is 8.78 Å². The van der Waals surface area contributed by atoms with Gasteiger partial charge in [0.2, 0.25) is 0 Å². The molecule has 2 aromatic carbocycles. The molecule has 2 saturated heterocycles. The van der Waals surface area contributed by atoms with E-state index in [-0.39, 0.29) is 29.0 Å². The highest BCUT2D eigenvalue weighted by atomic mass is 35.5. The molecule has 8 nitrogen and oxygen atoms in total. The smallest absolute Gasteiger partial charge is 0.354 e. The van der Waals surface area contributed by atoms with Crippen LogP contribution >= 0.6 is 23.2 Å². The summed E-state index contributed by atoms with van der Waals surface area (Å²) in [6, 6.07) is 13.0. The van der Waals surface area contributed by atoms with Gasteiger partial charge in [0.25, 0.3) is 5.92 Å². The summed E-state index contributed by atoms with van der Waals surface area (Å²) in [7, 11) is 0.